The highest BCUT2D eigenvalue weighted by Gasteiger charge is 2.14. The van der Waals surface area contributed by atoms with E-state index in [1.165, 1.54) is 5.56 Å². The van der Waals surface area contributed by atoms with Gasteiger partial charge in [0.2, 0.25) is 0 Å². The van der Waals surface area contributed by atoms with E-state index in [0.29, 0.717) is 21.1 Å². The first-order valence-electron chi connectivity index (χ1n) is 9.28. The molecule has 28 heavy (non-hydrogen) atoms. The third-order valence-electron chi connectivity index (χ3n) is 4.91. The van der Waals surface area contributed by atoms with Gasteiger partial charge in [-0.15, -0.1) is 0 Å². The molecular weight excluding hydrogens is 399 g/mol. The first-order valence-corrected chi connectivity index (χ1v) is 10.0. The van der Waals surface area contributed by atoms with Crippen molar-refractivity contribution >= 4 is 34.2 Å². The molecule has 2 heterocycles. The molecule has 0 aliphatic carbocycles. The van der Waals surface area contributed by atoms with Crippen molar-refractivity contribution in [2.24, 2.45) is 0 Å². The average molecular weight is 421 g/mol. The standard InChI is InChI=1S/C20H22Cl2N4O2/c21-16-11-18-19(12-17(16)22)26(20(27)24-18)15-3-1-14(2-4-15)13-23-5-6-25-7-9-28-10-8-25/h1-4,11-12,23H,5-10,13H2,(H,24,27). The quantitative estimate of drug-likeness (QED) is 0.597. The number of morpholine rings is 1. The van der Waals surface area contributed by atoms with E-state index in [-0.39, 0.29) is 6.01 Å². The topological polar surface area (TPSA) is 62.6 Å². The Balaban J connectivity index is 1.41. The van der Waals surface area contributed by atoms with Gasteiger partial charge in [-0.2, -0.15) is 4.98 Å². The second-order valence-electron chi connectivity index (χ2n) is 6.80. The van der Waals surface area contributed by atoms with Crippen LogP contribution in [0.4, 0.5) is 0 Å². The van der Waals surface area contributed by atoms with Gasteiger partial charge in [-0.1, -0.05) is 35.3 Å². The molecule has 0 unspecified atom stereocenters. The minimum Gasteiger partial charge on any atom is -0.480 e. The summed E-state index contributed by atoms with van der Waals surface area (Å²) in [5, 5.41) is 14.6. The number of hydrogen-bond donors (Lipinski definition) is 2. The molecule has 6 nitrogen and oxygen atoms in total. The Hall–Kier alpha value is -1.83. The summed E-state index contributed by atoms with van der Waals surface area (Å²) in [7, 11) is 0. The van der Waals surface area contributed by atoms with Crippen molar-refractivity contribution < 1.29 is 9.84 Å². The zero-order valence-electron chi connectivity index (χ0n) is 15.4. The van der Waals surface area contributed by atoms with Crippen LogP contribution in [0.5, 0.6) is 6.01 Å². The fraction of sp³-hybridized carbons (Fsp3) is 0.350. The number of rotatable bonds is 6. The van der Waals surface area contributed by atoms with Gasteiger partial charge < -0.3 is 15.2 Å². The second kappa shape index (κ2) is 8.68. The first-order chi connectivity index (χ1) is 13.6. The van der Waals surface area contributed by atoms with Crippen LogP contribution in [-0.4, -0.2) is 59.0 Å². The summed E-state index contributed by atoms with van der Waals surface area (Å²) in [6.45, 7) is 6.43. The molecule has 1 saturated heterocycles. The molecule has 8 heteroatoms. The van der Waals surface area contributed by atoms with Crippen molar-refractivity contribution in [3.8, 4) is 11.7 Å². The lowest BCUT2D eigenvalue weighted by Gasteiger charge is -2.26. The van der Waals surface area contributed by atoms with Crippen LogP contribution < -0.4 is 5.32 Å². The number of aromatic nitrogens is 2. The zero-order valence-corrected chi connectivity index (χ0v) is 16.9. The molecule has 2 aromatic carbocycles. The van der Waals surface area contributed by atoms with Gasteiger partial charge in [0.1, 0.15) is 0 Å². The normalized spacial score (nSPS) is 15.4. The Morgan fingerprint density at radius 1 is 1.07 bits per heavy atom. The number of nitrogens with one attached hydrogen (secondary N) is 1. The summed E-state index contributed by atoms with van der Waals surface area (Å²) in [6.07, 6.45) is 0. The summed E-state index contributed by atoms with van der Waals surface area (Å²) in [6, 6.07) is 11.3. The maximum Gasteiger partial charge on any atom is 0.299 e. The van der Waals surface area contributed by atoms with E-state index >= 15 is 0 Å². The molecule has 1 aromatic heterocycles. The summed E-state index contributed by atoms with van der Waals surface area (Å²) in [5.41, 5.74) is 3.30. The highest BCUT2D eigenvalue weighted by molar-refractivity contribution is 6.42. The van der Waals surface area contributed by atoms with E-state index in [4.69, 9.17) is 27.9 Å². The average Bonchev–Trinajstić information content (AvgIpc) is 3.01. The number of aromatic hydroxyl groups is 1. The minimum absolute atomic E-state index is 0.0929. The Morgan fingerprint density at radius 2 is 1.79 bits per heavy atom. The molecule has 0 bridgehead atoms. The number of ether oxygens (including phenoxy) is 1. The molecule has 2 N–H and O–H groups in total. The predicted molar refractivity (Wildman–Crippen MR) is 112 cm³/mol. The molecule has 3 aromatic rings. The number of fused-ring (bicyclic) bond motifs is 1. The third kappa shape index (κ3) is 4.26. The lowest BCUT2D eigenvalue weighted by atomic mass is 10.2. The summed E-state index contributed by atoms with van der Waals surface area (Å²) in [4.78, 5) is 6.58. The summed E-state index contributed by atoms with van der Waals surface area (Å²) >= 11 is 12.2. The largest absolute Gasteiger partial charge is 0.480 e. The number of halogens is 2. The van der Waals surface area contributed by atoms with Gasteiger partial charge in [-0.25, -0.2) is 0 Å². The second-order valence-corrected chi connectivity index (χ2v) is 7.61. The Kier molecular flexibility index (Phi) is 6.04. The first kappa shape index (κ1) is 19.5. The van der Waals surface area contributed by atoms with Crippen molar-refractivity contribution in [2.45, 2.75) is 6.54 Å². The van der Waals surface area contributed by atoms with Crippen LogP contribution in [-0.2, 0) is 11.3 Å². The van der Waals surface area contributed by atoms with Crippen LogP contribution in [0, 0.1) is 0 Å². The molecule has 1 aliphatic rings. The van der Waals surface area contributed by atoms with Crippen LogP contribution in [0.3, 0.4) is 0 Å². The van der Waals surface area contributed by atoms with E-state index in [1.807, 2.05) is 24.3 Å². The molecule has 0 radical (unpaired) electrons. The Morgan fingerprint density at radius 3 is 2.54 bits per heavy atom. The Labute approximate surface area is 173 Å². The predicted octanol–water partition coefficient (Wildman–Crippen LogP) is 3.46. The van der Waals surface area contributed by atoms with Crippen LogP contribution in [0.2, 0.25) is 10.0 Å². The van der Waals surface area contributed by atoms with Crippen LogP contribution in [0.15, 0.2) is 36.4 Å². The van der Waals surface area contributed by atoms with Gasteiger partial charge in [-0.05, 0) is 29.8 Å². The fourth-order valence-corrected chi connectivity index (χ4v) is 3.69. The van der Waals surface area contributed by atoms with E-state index in [0.717, 1.165) is 51.6 Å². The smallest absolute Gasteiger partial charge is 0.299 e. The van der Waals surface area contributed by atoms with Crippen molar-refractivity contribution in [1.82, 2.24) is 19.8 Å². The fourth-order valence-electron chi connectivity index (χ4n) is 3.37. The number of imidazole rings is 1. The van der Waals surface area contributed by atoms with Gasteiger partial charge in [0.05, 0.1) is 40.0 Å². The van der Waals surface area contributed by atoms with E-state index in [9.17, 15) is 5.11 Å². The maximum atomic E-state index is 10.3. The van der Waals surface area contributed by atoms with E-state index in [1.54, 1.807) is 16.7 Å². The SMILES string of the molecule is Oc1nc2cc(Cl)c(Cl)cc2n1-c1ccc(CNCCN2CCOCC2)cc1. The molecule has 4 rings (SSSR count). The lowest BCUT2D eigenvalue weighted by molar-refractivity contribution is 0.0384. The van der Waals surface area contributed by atoms with Crippen molar-refractivity contribution in [3.63, 3.8) is 0 Å². The molecule has 1 aliphatic heterocycles. The van der Waals surface area contributed by atoms with Gasteiger partial charge in [-0.3, -0.25) is 9.47 Å². The maximum absolute atomic E-state index is 10.3. The van der Waals surface area contributed by atoms with Crippen LogP contribution in [0.1, 0.15) is 5.56 Å². The van der Waals surface area contributed by atoms with Crippen LogP contribution >= 0.6 is 23.2 Å². The van der Waals surface area contributed by atoms with Gasteiger partial charge in [0, 0.05) is 32.7 Å². The van der Waals surface area contributed by atoms with Gasteiger partial charge in [0.25, 0.3) is 6.01 Å². The summed E-state index contributed by atoms with van der Waals surface area (Å²) < 4.78 is 7.02. The molecule has 0 amide bonds. The van der Waals surface area contributed by atoms with Crippen molar-refractivity contribution in [3.05, 3.63) is 52.0 Å². The number of nitrogens with zero attached hydrogens (tertiary/aromatic N) is 3. The molecule has 0 atom stereocenters. The Bertz CT molecular complexity index is 953. The zero-order chi connectivity index (χ0) is 19.5. The van der Waals surface area contributed by atoms with Gasteiger partial charge in [0.15, 0.2) is 0 Å². The van der Waals surface area contributed by atoms with E-state index < -0.39 is 0 Å². The third-order valence-corrected chi connectivity index (χ3v) is 5.63. The molecule has 1 fully saturated rings. The van der Waals surface area contributed by atoms with Crippen molar-refractivity contribution in [2.75, 3.05) is 39.4 Å². The van der Waals surface area contributed by atoms with Crippen LogP contribution in [0.25, 0.3) is 16.7 Å². The summed E-state index contributed by atoms with van der Waals surface area (Å²) in [5.74, 6) is 0. The molecule has 0 spiro atoms. The number of hydrogen-bond acceptors (Lipinski definition) is 5. The highest BCUT2D eigenvalue weighted by Crippen LogP contribution is 2.32. The van der Waals surface area contributed by atoms with E-state index in [2.05, 4.69) is 15.2 Å². The van der Waals surface area contributed by atoms with Gasteiger partial charge >= 0.3 is 0 Å². The molecule has 148 valence electrons. The minimum atomic E-state index is -0.0929. The molecular formula is C20H22Cl2N4O2. The monoisotopic (exact) mass is 420 g/mol. The molecule has 0 saturated carbocycles. The van der Waals surface area contributed by atoms with Crippen molar-refractivity contribution in [1.29, 1.82) is 0 Å². The lowest BCUT2D eigenvalue weighted by Crippen LogP contribution is -2.40. The highest BCUT2D eigenvalue weighted by atomic mass is 35.5. The number of benzene rings is 2.